The van der Waals surface area contributed by atoms with E-state index in [1.807, 2.05) is 10.9 Å². The molecule has 1 aromatic rings. The van der Waals surface area contributed by atoms with Gasteiger partial charge in [-0.2, -0.15) is 5.10 Å². The molecule has 2 saturated carbocycles. The summed E-state index contributed by atoms with van der Waals surface area (Å²) in [6, 6.07) is 0.843. The monoisotopic (exact) mass is 219 g/mol. The summed E-state index contributed by atoms with van der Waals surface area (Å²) in [6.45, 7) is 4.33. The molecule has 2 aliphatic carbocycles. The van der Waals surface area contributed by atoms with Crippen molar-refractivity contribution in [3.05, 3.63) is 18.0 Å². The molecule has 3 nitrogen and oxygen atoms in total. The first-order chi connectivity index (χ1) is 7.80. The van der Waals surface area contributed by atoms with E-state index >= 15 is 0 Å². The summed E-state index contributed by atoms with van der Waals surface area (Å²) < 4.78 is 2.03. The molecule has 0 aromatic carbocycles. The molecule has 0 amide bonds. The van der Waals surface area contributed by atoms with Gasteiger partial charge >= 0.3 is 0 Å². The number of nitrogens with one attached hydrogen (secondary N) is 1. The standard InChI is InChI=1S/C13H21N3/c1-2-16-9-11(8-15-16)7-13(5-6-13)10-14-12-3-4-12/h8-9,12,14H,2-7,10H2,1H3. The van der Waals surface area contributed by atoms with E-state index in [1.165, 1.54) is 44.2 Å². The van der Waals surface area contributed by atoms with Crippen molar-refractivity contribution in [2.75, 3.05) is 6.54 Å². The zero-order valence-electron chi connectivity index (χ0n) is 10.1. The van der Waals surface area contributed by atoms with Gasteiger partial charge in [0, 0.05) is 25.3 Å². The van der Waals surface area contributed by atoms with Gasteiger partial charge < -0.3 is 5.32 Å². The van der Waals surface area contributed by atoms with Crippen molar-refractivity contribution in [1.29, 1.82) is 0 Å². The third kappa shape index (κ3) is 2.29. The minimum atomic E-state index is 0.574. The first-order valence-electron chi connectivity index (χ1n) is 6.54. The number of rotatable bonds is 6. The molecule has 0 unspecified atom stereocenters. The molecule has 3 heteroatoms. The molecule has 0 aliphatic heterocycles. The van der Waals surface area contributed by atoms with E-state index in [-0.39, 0.29) is 0 Å². The summed E-state index contributed by atoms with van der Waals surface area (Å²) in [5, 5.41) is 8.02. The van der Waals surface area contributed by atoms with Gasteiger partial charge in [0.1, 0.15) is 0 Å². The van der Waals surface area contributed by atoms with Gasteiger partial charge in [0.05, 0.1) is 6.20 Å². The molecule has 0 radical (unpaired) electrons. The maximum absolute atomic E-state index is 4.35. The van der Waals surface area contributed by atoms with Crippen LogP contribution in [0.25, 0.3) is 0 Å². The highest BCUT2D eigenvalue weighted by atomic mass is 15.3. The smallest absolute Gasteiger partial charge is 0.0521 e. The Morgan fingerprint density at radius 2 is 2.31 bits per heavy atom. The van der Waals surface area contributed by atoms with Crippen LogP contribution >= 0.6 is 0 Å². The fraction of sp³-hybridized carbons (Fsp3) is 0.769. The zero-order chi connectivity index (χ0) is 11.0. The summed E-state index contributed by atoms with van der Waals surface area (Å²) >= 11 is 0. The Bertz CT molecular complexity index is 361. The van der Waals surface area contributed by atoms with Gasteiger partial charge in [0.2, 0.25) is 0 Å². The number of aryl methyl sites for hydroxylation is 1. The van der Waals surface area contributed by atoms with Crippen molar-refractivity contribution >= 4 is 0 Å². The number of hydrogen-bond acceptors (Lipinski definition) is 2. The van der Waals surface area contributed by atoms with E-state index in [0.29, 0.717) is 5.41 Å². The summed E-state index contributed by atoms with van der Waals surface area (Å²) in [5.41, 5.74) is 1.99. The maximum Gasteiger partial charge on any atom is 0.0521 e. The molecule has 16 heavy (non-hydrogen) atoms. The Labute approximate surface area is 97.2 Å². The number of hydrogen-bond donors (Lipinski definition) is 1. The molecular formula is C13H21N3. The Morgan fingerprint density at radius 3 is 2.88 bits per heavy atom. The first-order valence-corrected chi connectivity index (χ1v) is 6.54. The van der Waals surface area contributed by atoms with E-state index in [4.69, 9.17) is 0 Å². The average Bonchev–Trinajstić information content (AvgIpc) is 3.18. The summed E-state index contributed by atoms with van der Waals surface area (Å²) in [6.07, 6.45) is 11.0. The van der Waals surface area contributed by atoms with Crippen LogP contribution in [0.3, 0.4) is 0 Å². The van der Waals surface area contributed by atoms with Gasteiger partial charge in [-0.05, 0) is 50.0 Å². The van der Waals surface area contributed by atoms with Gasteiger partial charge in [-0.1, -0.05) is 0 Å². The van der Waals surface area contributed by atoms with Crippen LogP contribution < -0.4 is 5.32 Å². The average molecular weight is 219 g/mol. The quantitative estimate of drug-likeness (QED) is 0.793. The van der Waals surface area contributed by atoms with E-state index in [2.05, 4.69) is 23.5 Å². The summed E-state index contributed by atoms with van der Waals surface area (Å²) in [7, 11) is 0. The van der Waals surface area contributed by atoms with Crippen LogP contribution in [0.5, 0.6) is 0 Å². The zero-order valence-corrected chi connectivity index (χ0v) is 10.1. The molecule has 1 heterocycles. The van der Waals surface area contributed by atoms with Crippen molar-refractivity contribution in [2.24, 2.45) is 5.41 Å². The third-order valence-corrected chi connectivity index (χ3v) is 3.89. The lowest BCUT2D eigenvalue weighted by Crippen LogP contribution is -2.27. The van der Waals surface area contributed by atoms with E-state index in [1.54, 1.807) is 0 Å². The van der Waals surface area contributed by atoms with Gasteiger partial charge in [-0.15, -0.1) is 0 Å². The fourth-order valence-corrected chi connectivity index (χ4v) is 2.34. The van der Waals surface area contributed by atoms with Crippen LogP contribution in [0.2, 0.25) is 0 Å². The van der Waals surface area contributed by atoms with E-state index < -0.39 is 0 Å². The lowest BCUT2D eigenvalue weighted by atomic mass is 9.98. The molecule has 88 valence electrons. The van der Waals surface area contributed by atoms with Crippen LogP contribution in [-0.4, -0.2) is 22.4 Å². The van der Waals surface area contributed by atoms with Crippen LogP contribution in [0.4, 0.5) is 0 Å². The molecule has 2 fully saturated rings. The van der Waals surface area contributed by atoms with Crippen LogP contribution in [0.15, 0.2) is 12.4 Å². The topological polar surface area (TPSA) is 29.9 Å². The summed E-state index contributed by atoms with van der Waals surface area (Å²) in [5.74, 6) is 0. The Balaban J connectivity index is 1.55. The minimum Gasteiger partial charge on any atom is -0.313 e. The van der Waals surface area contributed by atoms with Crippen molar-refractivity contribution in [2.45, 2.75) is 51.6 Å². The fourth-order valence-electron chi connectivity index (χ4n) is 2.34. The highest BCUT2D eigenvalue weighted by molar-refractivity contribution is 5.12. The molecule has 0 bridgehead atoms. The molecule has 1 aromatic heterocycles. The summed E-state index contributed by atoms with van der Waals surface area (Å²) in [4.78, 5) is 0. The van der Waals surface area contributed by atoms with Gasteiger partial charge in [0.15, 0.2) is 0 Å². The van der Waals surface area contributed by atoms with Crippen molar-refractivity contribution in [3.63, 3.8) is 0 Å². The lowest BCUT2D eigenvalue weighted by molar-refractivity contribution is 0.453. The SMILES string of the molecule is CCn1cc(CC2(CNC3CC3)CC2)cn1. The molecule has 1 N–H and O–H groups in total. The van der Waals surface area contributed by atoms with Gasteiger partial charge in [-0.3, -0.25) is 4.68 Å². The highest BCUT2D eigenvalue weighted by Crippen LogP contribution is 2.48. The second-order valence-electron chi connectivity index (χ2n) is 5.54. The normalized spacial score (nSPS) is 22.3. The second kappa shape index (κ2) is 3.88. The molecule has 0 spiro atoms. The Kier molecular flexibility index (Phi) is 2.51. The molecule has 2 aliphatic rings. The van der Waals surface area contributed by atoms with E-state index in [0.717, 1.165) is 12.6 Å². The van der Waals surface area contributed by atoms with Crippen molar-refractivity contribution in [3.8, 4) is 0 Å². The highest BCUT2D eigenvalue weighted by Gasteiger charge is 2.43. The maximum atomic E-state index is 4.35. The number of nitrogens with zero attached hydrogens (tertiary/aromatic N) is 2. The van der Waals surface area contributed by atoms with Crippen molar-refractivity contribution < 1.29 is 0 Å². The van der Waals surface area contributed by atoms with Crippen LogP contribution in [0.1, 0.15) is 38.2 Å². The first kappa shape index (κ1) is 10.3. The van der Waals surface area contributed by atoms with E-state index in [9.17, 15) is 0 Å². The molecule has 0 atom stereocenters. The predicted molar refractivity (Wildman–Crippen MR) is 64.3 cm³/mol. The molecule has 0 saturated heterocycles. The molecular weight excluding hydrogens is 198 g/mol. The number of aromatic nitrogens is 2. The van der Waals surface area contributed by atoms with Crippen LogP contribution in [0, 0.1) is 5.41 Å². The Hall–Kier alpha value is -0.830. The van der Waals surface area contributed by atoms with Gasteiger partial charge in [-0.25, -0.2) is 0 Å². The minimum absolute atomic E-state index is 0.574. The van der Waals surface area contributed by atoms with Crippen LogP contribution in [-0.2, 0) is 13.0 Å². The third-order valence-electron chi connectivity index (χ3n) is 3.89. The molecule has 3 rings (SSSR count). The van der Waals surface area contributed by atoms with Gasteiger partial charge in [0.25, 0.3) is 0 Å². The predicted octanol–water partition coefficient (Wildman–Crippen LogP) is 1.98. The lowest BCUT2D eigenvalue weighted by Gasteiger charge is -2.14. The largest absolute Gasteiger partial charge is 0.313 e. The second-order valence-corrected chi connectivity index (χ2v) is 5.54. The van der Waals surface area contributed by atoms with Crippen molar-refractivity contribution in [1.82, 2.24) is 15.1 Å². The Morgan fingerprint density at radius 1 is 1.50 bits per heavy atom.